The summed E-state index contributed by atoms with van der Waals surface area (Å²) in [5.74, 6) is -2.10. The Morgan fingerprint density at radius 1 is 1.18 bits per heavy atom. The normalized spacial score (nSPS) is 35.8. The van der Waals surface area contributed by atoms with Crippen molar-refractivity contribution in [3.05, 3.63) is 42.5 Å². The zero-order valence-electron chi connectivity index (χ0n) is 11.9. The van der Waals surface area contributed by atoms with Crippen molar-refractivity contribution in [1.82, 2.24) is 0 Å². The van der Waals surface area contributed by atoms with Gasteiger partial charge in [0.2, 0.25) is 17.7 Å². The van der Waals surface area contributed by atoms with Crippen LogP contribution in [0.5, 0.6) is 0 Å². The number of fused-ring (bicyclic) bond motifs is 1. The van der Waals surface area contributed by atoms with E-state index in [1.807, 2.05) is 12.1 Å². The molecule has 2 fully saturated rings. The molecule has 0 aromatic heterocycles. The summed E-state index contributed by atoms with van der Waals surface area (Å²) in [6.07, 6.45) is 4.94. The van der Waals surface area contributed by atoms with Crippen molar-refractivity contribution in [3.63, 3.8) is 0 Å². The molecular weight excluding hydrogens is 280 g/mol. The van der Waals surface area contributed by atoms with Crippen molar-refractivity contribution in [2.24, 2.45) is 28.9 Å². The van der Waals surface area contributed by atoms with Crippen molar-refractivity contribution in [2.75, 3.05) is 4.90 Å². The number of hydrogen-bond donors (Lipinski definition) is 1. The average Bonchev–Trinajstić information content (AvgIpc) is 2.83. The second-order valence-electron chi connectivity index (χ2n) is 6.32. The predicted molar refractivity (Wildman–Crippen MR) is 79.4 cm³/mol. The Labute approximate surface area is 127 Å². The molecule has 0 radical (unpaired) electrons. The minimum Gasteiger partial charge on any atom is -0.369 e. The lowest BCUT2D eigenvalue weighted by atomic mass is 9.54. The average molecular weight is 296 g/mol. The zero-order chi connectivity index (χ0) is 15.5. The summed E-state index contributed by atoms with van der Waals surface area (Å²) in [5.41, 5.74) is 5.17. The number of nitrogens with zero attached hydrogens (tertiary/aromatic N) is 1. The van der Waals surface area contributed by atoms with E-state index in [0.29, 0.717) is 12.1 Å². The SMILES string of the molecule is NC(=O)[C@]12C=C[C@@H](CC1)[C@H]1C(=O)N(c3ccccc3)C(=O)[C@@H]12. The Kier molecular flexibility index (Phi) is 2.58. The van der Waals surface area contributed by atoms with E-state index in [0.717, 1.165) is 6.42 Å². The molecule has 5 heteroatoms. The molecule has 5 nitrogen and oxygen atoms in total. The second kappa shape index (κ2) is 4.29. The summed E-state index contributed by atoms with van der Waals surface area (Å²) in [4.78, 5) is 39.0. The van der Waals surface area contributed by atoms with Crippen LogP contribution in [0.3, 0.4) is 0 Å². The molecule has 3 aliphatic carbocycles. The smallest absolute Gasteiger partial charge is 0.239 e. The van der Waals surface area contributed by atoms with Crippen LogP contribution in [0, 0.1) is 23.2 Å². The van der Waals surface area contributed by atoms with Gasteiger partial charge in [0.1, 0.15) is 0 Å². The summed E-state index contributed by atoms with van der Waals surface area (Å²) in [6.45, 7) is 0. The molecule has 1 heterocycles. The third-order valence-corrected chi connectivity index (χ3v) is 5.37. The molecule has 5 rings (SSSR count). The van der Waals surface area contributed by atoms with Gasteiger partial charge in [0.25, 0.3) is 0 Å². The highest BCUT2D eigenvalue weighted by atomic mass is 16.2. The van der Waals surface area contributed by atoms with Gasteiger partial charge in [-0.2, -0.15) is 0 Å². The number of benzene rings is 1. The van der Waals surface area contributed by atoms with E-state index < -0.39 is 23.2 Å². The first-order chi connectivity index (χ1) is 10.6. The van der Waals surface area contributed by atoms with Crippen molar-refractivity contribution in [2.45, 2.75) is 12.8 Å². The van der Waals surface area contributed by atoms with E-state index in [1.165, 1.54) is 4.90 Å². The first kappa shape index (κ1) is 13.2. The maximum atomic E-state index is 12.9. The molecule has 0 spiro atoms. The Balaban J connectivity index is 1.84. The van der Waals surface area contributed by atoms with Crippen LogP contribution in [-0.4, -0.2) is 17.7 Å². The number of rotatable bonds is 2. The van der Waals surface area contributed by atoms with Gasteiger partial charge in [-0.1, -0.05) is 30.4 Å². The van der Waals surface area contributed by atoms with Gasteiger partial charge in [-0.15, -0.1) is 0 Å². The van der Waals surface area contributed by atoms with E-state index in [1.54, 1.807) is 30.3 Å². The van der Waals surface area contributed by atoms with Crippen LogP contribution in [0.15, 0.2) is 42.5 Å². The van der Waals surface area contributed by atoms with E-state index >= 15 is 0 Å². The Hall–Kier alpha value is -2.43. The molecule has 2 N–H and O–H groups in total. The monoisotopic (exact) mass is 296 g/mol. The van der Waals surface area contributed by atoms with Crippen LogP contribution in [0.25, 0.3) is 0 Å². The van der Waals surface area contributed by atoms with Crippen LogP contribution in [0.4, 0.5) is 5.69 Å². The van der Waals surface area contributed by atoms with Gasteiger partial charge >= 0.3 is 0 Å². The van der Waals surface area contributed by atoms with E-state index in [2.05, 4.69) is 0 Å². The number of hydrogen-bond acceptors (Lipinski definition) is 3. The Morgan fingerprint density at radius 2 is 1.91 bits per heavy atom. The lowest BCUT2D eigenvalue weighted by Gasteiger charge is -2.45. The van der Waals surface area contributed by atoms with Gasteiger partial charge in [-0.05, 0) is 30.9 Å². The van der Waals surface area contributed by atoms with E-state index in [4.69, 9.17) is 5.73 Å². The molecule has 1 saturated heterocycles. The minimum atomic E-state index is -1.00. The standard InChI is InChI=1S/C17H16N2O3/c18-16(22)17-8-6-10(7-9-17)12-13(17)15(21)19(14(12)20)11-4-2-1-3-5-11/h1-6,8,10,12-13H,7,9H2,(H2,18,22)/t10-,12+,13+,17+/m0/s1. The van der Waals surface area contributed by atoms with Crippen LogP contribution in [-0.2, 0) is 14.4 Å². The maximum Gasteiger partial charge on any atom is 0.239 e. The number of allylic oxidation sites excluding steroid dienone is 1. The van der Waals surface area contributed by atoms with Gasteiger partial charge < -0.3 is 5.73 Å². The third kappa shape index (κ3) is 1.46. The molecule has 4 atom stereocenters. The second-order valence-corrected chi connectivity index (χ2v) is 6.32. The van der Waals surface area contributed by atoms with Crippen LogP contribution >= 0.6 is 0 Å². The lowest BCUT2D eigenvalue weighted by Crippen LogP contribution is -2.53. The fraction of sp³-hybridized carbons (Fsp3) is 0.353. The van der Waals surface area contributed by atoms with Crippen molar-refractivity contribution in [1.29, 1.82) is 0 Å². The summed E-state index contributed by atoms with van der Waals surface area (Å²) >= 11 is 0. The number of anilines is 1. The summed E-state index contributed by atoms with van der Waals surface area (Å²) in [6, 6.07) is 8.87. The largest absolute Gasteiger partial charge is 0.369 e. The number of nitrogens with two attached hydrogens (primary N) is 1. The predicted octanol–water partition coefficient (Wildman–Crippen LogP) is 1.24. The van der Waals surface area contributed by atoms with Gasteiger partial charge in [-0.3, -0.25) is 14.4 Å². The molecule has 4 aliphatic rings. The number of para-hydroxylation sites is 1. The number of amides is 3. The van der Waals surface area contributed by atoms with Gasteiger partial charge in [0, 0.05) is 0 Å². The topological polar surface area (TPSA) is 80.5 Å². The molecule has 22 heavy (non-hydrogen) atoms. The number of carbonyl (C=O) groups is 3. The highest BCUT2D eigenvalue weighted by Crippen LogP contribution is 2.56. The van der Waals surface area contributed by atoms with Crippen molar-refractivity contribution in [3.8, 4) is 0 Å². The first-order valence-electron chi connectivity index (χ1n) is 7.48. The lowest BCUT2D eigenvalue weighted by molar-refractivity contribution is -0.141. The summed E-state index contributed by atoms with van der Waals surface area (Å²) in [7, 11) is 0. The Bertz CT molecular complexity index is 712. The molecule has 112 valence electrons. The highest BCUT2D eigenvalue weighted by molar-refractivity contribution is 6.23. The molecule has 3 amide bonds. The molecule has 0 unspecified atom stereocenters. The Morgan fingerprint density at radius 3 is 2.50 bits per heavy atom. The first-order valence-corrected chi connectivity index (χ1v) is 7.48. The van der Waals surface area contributed by atoms with Gasteiger partial charge in [-0.25, -0.2) is 4.90 Å². The minimum absolute atomic E-state index is 0.0244. The quantitative estimate of drug-likeness (QED) is 0.658. The number of imide groups is 1. The molecule has 1 aromatic carbocycles. The molecule has 2 bridgehead atoms. The van der Waals surface area contributed by atoms with Crippen LogP contribution in [0.1, 0.15) is 12.8 Å². The number of carbonyl (C=O) groups excluding carboxylic acids is 3. The molecular formula is C17H16N2O3. The van der Waals surface area contributed by atoms with Crippen LogP contribution in [0.2, 0.25) is 0 Å². The van der Waals surface area contributed by atoms with Crippen molar-refractivity contribution >= 4 is 23.4 Å². The fourth-order valence-corrected chi connectivity index (χ4v) is 4.29. The number of primary amides is 1. The molecule has 1 saturated carbocycles. The van der Waals surface area contributed by atoms with E-state index in [9.17, 15) is 14.4 Å². The summed E-state index contributed by atoms with van der Waals surface area (Å²) < 4.78 is 0. The van der Waals surface area contributed by atoms with Gasteiger partial charge in [0.15, 0.2) is 0 Å². The van der Waals surface area contributed by atoms with E-state index in [-0.39, 0.29) is 17.7 Å². The molecule has 1 aromatic rings. The molecule has 1 aliphatic heterocycles. The zero-order valence-corrected chi connectivity index (χ0v) is 11.9. The van der Waals surface area contributed by atoms with Gasteiger partial charge in [0.05, 0.1) is 22.9 Å². The van der Waals surface area contributed by atoms with Crippen molar-refractivity contribution < 1.29 is 14.4 Å². The maximum absolute atomic E-state index is 12.9. The van der Waals surface area contributed by atoms with Crippen LogP contribution < -0.4 is 10.6 Å². The highest BCUT2D eigenvalue weighted by Gasteiger charge is 2.65. The third-order valence-electron chi connectivity index (χ3n) is 5.37. The fourth-order valence-electron chi connectivity index (χ4n) is 4.29. The summed E-state index contributed by atoms with van der Waals surface area (Å²) in [5, 5.41) is 0.